The number of nitrogens with two attached hydrogens (primary N) is 2. The summed E-state index contributed by atoms with van der Waals surface area (Å²) in [4.78, 5) is 22.3. The van der Waals surface area contributed by atoms with Crippen LogP contribution >= 0.6 is 0 Å². The number of hydrogen-bond acceptors (Lipinski definition) is 6. The number of aliphatic hydroxyl groups is 1. The minimum atomic E-state index is -0.763. The second-order valence-electron chi connectivity index (χ2n) is 5.77. The molecular weight excluding hydrogens is 350 g/mol. The molecule has 0 spiro atoms. The predicted molar refractivity (Wildman–Crippen MR) is 99.8 cm³/mol. The van der Waals surface area contributed by atoms with Crippen molar-refractivity contribution in [1.29, 1.82) is 0 Å². The molecule has 8 heteroatoms. The largest absolute Gasteiger partial charge is 0.492 e. The second kappa shape index (κ2) is 10.1. The van der Waals surface area contributed by atoms with Gasteiger partial charge in [0.1, 0.15) is 30.8 Å². The van der Waals surface area contributed by atoms with Gasteiger partial charge >= 0.3 is 0 Å². The van der Waals surface area contributed by atoms with Gasteiger partial charge in [-0.1, -0.05) is 12.1 Å². The van der Waals surface area contributed by atoms with Crippen molar-refractivity contribution in [1.82, 2.24) is 5.32 Å². The number of amides is 2. The van der Waals surface area contributed by atoms with Gasteiger partial charge < -0.3 is 31.4 Å². The van der Waals surface area contributed by atoms with Gasteiger partial charge in [-0.05, 0) is 36.4 Å². The van der Waals surface area contributed by atoms with Crippen molar-refractivity contribution in [3.05, 3.63) is 59.7 Å². The molecule has 0 saturated heterocycles. The Morgan fingerprint density at radius 2 is 1.70 bits per heavy atom. The van der Waals surface area contributed by atoms with Crippen LogP contribution in [0.15, 0.2) is 48.5 Å². The number of hydrogen-bond donors (Lipinski definition) is 4. The van der Waals surface area contributed by atoms with Crippen LogP contribution in [0.4, 0.5) is 0 Å². The number of aliphatic hydroxyl groups excluding tert-OH is 1. The zero-order valence-electron chi connectivity index (χ0n) is 14.8. The quantitative estimate of drug-likeness (QED) is 0.418. The molecule has 2 aromatic carbocycles. The van der Waals surface area contributed by atoms with Gasteiger partial charge in [0, 0.05) is 18.7 Å². The Kier molecular flexibility index (Phi) is 7.60. The normalized spacial score (nSPS) is 11.6. The summed E-state index contributed by atoms with van der Waals surface area (Å²) in [6.07, 6.45) is -0.763. The number of carbonyl (C=O) groups is 2. The maximum Gasteiger partial charge on any atom is 0.252 e. The van der Waals surface area contributed by atoms with Gasteiger partial charge in [0.15, 0.2) is 0 Å². The van der Waals surface area contributed by atoms with Crippen molar-refractivity contribution in [2.24, 2.45) is 11.5 Å². The zero-order valence-corrected chi connectivity index (χ0v) is 14.8. The van der Waals surface area contributed by atoms with E-state index in [-0.39, 0.29) is 12.2 Å². The lowest BCUT2D eigenvalue weighted by Gasteiger charge is -2.15. The zero-order chi connectivity index (χ0) is 19.6. The highest BCUT2D eigenvalue weighted by Gasteiger charge is 2.11. The van der Waals surface area contributed by atoms with Gasteiger partial charge in [0.2, 0.25) is 5.91 Å². The highest BCUT2D eigenvalue weighted by molar-refractivity contribution is 5.95. The van der Waals surface area contributed by atoms with Crippen LogP contribution in [0, 0.1) is 0 Å². The van der Waals surface area contributed by atoms with Gasteiger partial charge in [-0.25, -0.2) is 0 Å². The van der Waals surface area contributed by atoms with Crippen LogP contribution in [0.25, 0.3) is 0 Å². The lowest BCUT2D eigenvalue weighted by atomic mass is 10.2. The van der Waals surface area contributed by atoms with Crippen molar-refractivity contribution >= 4 is 11.8 Å². The van der Waals surface area contributed by atoms with Crippen molar-refractivity contribution in [3.8, 4) is 11.5 Å². The van der Waals surface area contributed by atoms with E-state index in [1.54, 1.807) is 48.5 Å². The fourth-order valence-corrected chi connectivity index (χ4v) is 2.27. The molecule has 0 aliphatic heterocycles. The minimum absolute atomic E-state index is 0.0206. The molecule has 0 aliphatic rings. The fourth-order valence-electron chi connectivity index (χ4n) is 2.27. The summed E-state index contributed by atoms with van der Waals surface area (Å²) in [5.41, 5.74) is 11.1. The molecule has 0 fully saturated rings. The number of rotatable bonds is 11. The fraction of sp³-hybridized carbons (Fsp3) is 0.263. The highest BCUT2D eigenvalue weighted by atomic mass is 16.5. The Bertz CT molecular complexity index is 764. The molecule has 0 aromatic heterocycles. The van der Waals surface area contributed by atoms with E-state index in [0.29, 0.717) is 36.8 Å². The second-order valence-corrected chi connectivity index (χ2v) is 5.77. The van der Waals surface area contributed by atoms with E-state index in [1.807, 2.05) is 0 Å². The molecule has 0 bridgehead atoms. The van der Waals surface area contributed by atoms with Gasteiger partial charge in [-0.3, -0.25) is 9.59 Å². The van der Waals surface area contributed by atoms with E-state index >= 15 is 0 Å². The Morgan fingerprint density at radius 3 is 2.37 bits per heavy atom. The number of carbonyl (C=O) groups excluding carboxylic acids is 2. The molecule has 2 amide bonds. The van der Waals surface area contributed by atoms with Crippen molar-refractivity contribution in [2.75, 3.05) is 26.3 Å². The van der Waals surface area contributed by atoms with Crippen LogP contribution in [0.3, 0.4) is 0 Å². The monoisotopic (exact) mass is 373 g/mol. The molecule has 0 unspecified atom stereocenters. The molecular formula is C19H23N3O5. The number of para-hydroxylation sites is 1. The SMILES string of the molecule is NC(=O)c1ccc(OCCNC[C@H](O)COc2ccccc2C(N)=O)cc1. The van der Waals surface area contributed by atoms with Crippen LogP contribution in [0.1, 0.15) is 20.7 Å². The first-order valence-electron chi connectivity index (χ1n) is 8.40. The van der Waals surface area contributed by atoms with E-state index in [1.165, 1.54) is 0 Å². The standard InChI is InChI=1S/C19H23N3O5/c20-18(24)13-5-7-15(8-6-13)26-10-9-22-11-14(23)12-27-17-4-2-1-3-16(17)19(21)25/h1-8,14,22-23H,9-12H2,(H2,20,24)(H2,21,25)/t14-/m0/s1. The molecule has 0 heterocycles. The van der Waals surface area contributed by atoms with E-state index in [9.17, 15) is 14.7 Å². The van der Waals surface area contributed by atoms with Gasteiger partial charge in [0.25, 0.3) is 5.91 Å². The summed E-state index contributed by atoms with van der Waals surface area (Å²) in [7, 11) is 0. The number of ether oxygens (including phenoxy) is 2. The van der Waals surface area contributed by atoms with Crippen molar-refractivity contribution in [3.63, 3.8) is 0 Å². The average Bonchev–Trinajstić information content (AvgIpc) is 2.66. The third-order valence-electron chi connectivity index (χ3n) is 3.65. The molecule has 0 aliphatic carbocycles. The first-order valence-corrected chi connectivity index (χ1v) is 8.40. The van der Waals surface area contributed by atoms with Gasteiger partial charge in [-0.15, -0.1) is 0 Å². The third kappa shape index (κ3) is 6.61. The highest BCUT2D eigenvalue weighted by Crippen LogP contribution is 2.17. The molecule has 2 aromatic rings. The topological polar surface area (TPSA) is 137 Å². The minimum Gasteiger partial charge on any atom is -0.492 e. The summed E-state index contributed by atoms with van der Waals surface area (Å²) >= 11 is 0. The Hall–Kier alpha value is -3.10. The number of nitrogens with one attached hydrogen (secondary N) is 1. The first-order chi connectivity index (χ1) is 13.0. The van der Waals surface area contributed by atoms with Crippen molar-refractivity contribution in [2.45, 2.75) is 6.10 Å². The molecule has 8 nitrogen and oxygen atoms in total. The molecule has 27 heavy (non-hydrogen) atoms. The lowest BCUT2D eigenvalue weighted by molar-refractivity contribution is 0.0960. The lowest BCUT2D eigenvalue weighted by Crippen LogP contribution is -2.33. The summed E-state index contributed by atoms with van der Waals surface area (Å²) in [6.45, 7) is 1.20. The van der Waals surface area contributed by atoms with Crippen LogP contribution in [-0.2, 0) is 0 Å². The van der Waals surface area contributed by atoms with Crippen LogP contribution in [0.2, 0.25) is 0 Å². The molecule has 6 N–H and O–H groups in total. The maximum atomic E-state index is 11.3. The molecule has 144 valence electrons. The first kappa shape index (κ1) is 20.2. The number of benzene rings is 2. The summed E-state index contributed by atoms with van der Waals surface area (Å²) in [6, 6.07) is 13.1. The summed E-state index contributed by atoms with van der Waals surface area (Å²) in [5, 5.41) is 13.0. The van der Waals surface area contributed by atoms with Gasteiger partial charge in [-0.2, -0.15) is 0 Å². The van der Waals surface area contributed by atoms with Crippen molar-refractivity contribution < 1.29 is 24.2 Å². The number of primary amides is 2. The summed E-state index contributed by atoms with van der Waals surface area (Å²) in [5.74, 6) is -0.113. The molecule has 2 rings (SSSR count). The maximum absolute atomic E-state index is 11.3. The van der Waals surface area contributed by atoms with E-state index < -0.39 is 17.9 Å². The molecule has 0 radical (unpaired) electrons. The summed E-state index contributed by atoms with van der Waals surface area (Å²) < 4.78 is 11.0. The Morgan fingerprint density at radius 1 is 1.00 bits per heavy atom. The smallest absolute Gasteiger partial charge is 0.252 e. The van der Waals surface area contributed by atoms with Crippen LogP contribution in [-0.4, -0.2) is 49.3 Å². The molecule has 1 atom stereocenters. The van der Waals surface area contributed by atoms with E-state index in [4.69, 9.17) is 20.9 Å². The Balaban J connectivity index is 1.64. The average molecular weight is 373 g/mol. The third-order valence-corrected chi connectivity index (χ3v) is 3.65. The molecule has 0 saturated carbocycles. The van der Waals surface area contributed by atoms with E-state index in [0.717, 1.165) is 0 Å². The van der Waals surface area contributed by atoms with Gasteiger partial charge in [0.05, 0.1) is 5.56 Å². The van der Waals surface area contributed by atoms with Crippen LogP contribution < -0.4 is 26.3 Å². The predicted octanol–water partition coefficient (Wildman–Crippen LogP) is 0.293. The van der Waals surface area contributed by atoms with E-state index in [2.05, 4.69) is 5.32 Å². The Labute approximate surface area is 157 Å². The van der Waals surface area contributed by atoms with Crippen LogP contribution in [0.5, 0.6) is 11.5 Å².